The van der Waals surface area contributed by atoms with Crippen molar-refractivity contribution in [3.05, 3.63) is 0 Å². The first-order chi connectivity index (χ1) is 5.00. The fourth-order valence-electron chi connectivity index (χ4n) is 1.34. The Hall–Kier alpha value is -0.0400. The molecule has 0 aliphatic rings. The van der Waals surface area contributed by atoms with Crippen LogP contribution in [0.1, 0.15) is 34.6 Å². The molecule has 0 aromatic carbocycles. The summed E-state index contributed by atoms with van der Waals surface area (Å²) in [5, 5.41) is 0. The van der Waals surface area contributed by atoms with Crippen LogP contribution < -0.4 is 5.73 Å². The molecule has 0 aromatic heterocycles. The topological polar surface area (TPSA) is 26.0 Å². The van der Waals surface area contributed by atoms with Crippen molar-refractivity contribution >= 4 is 0 Å². The predicted octanol–water partition coefficient (Wildman–Crippen LogP) is 2.51. The van der Waals surface area contributed by atoms with Crippen LogP contribution in [-0.2, 0) is 0 Å². The first-order valence-corrected chi connectivity index (χ1v) is 4.70. The van der Waals surface area contributed by atoms with Crippen LogP contribution in [0.2, 0.25) is 0 Å². The molecule has 0 rings (SSSR count). The Balaban J connectivity index is 3.90. The van der Waals surface area contributed by atoms with Gasteiger partial charge in [-0.2, -0.15) is 0 Å². The van der Waals surface area contributed by atoms with Crippen molar-refractivity contribution in [1.29, 1.82) is 0 Å². The minimum atomic E-state index is 0.660. The first-order valence-electron chi connectivity index (χ1n) is 4.70. The van der Waals surface area contributed by atoms with E-state index in [9.17, 15) is 0 Å². The summed E-state index contributed by atoms with van der Waals surface area (Å²) in [7, 11) is 0. The number of rotatable bonds is 4. The van der Waals surface area contributed by atoms with Gasteiger partial charge in [-0.1, -0.05) is 34.6 Å². The smallest absolute Gasteiger partial charge is 0.00489 e. The summed E-state index contributed by atoms with van der Waals surface area (Å²) in [6.45, 7) is 12.3. The lowest BCUT2D eigenvalue weighted by Gasteiger charge is -2.27. The molecule has 0 heterocycles. The molecular formula is C10H23N. The van der Waals surface area contributed by atoms with Gasteiger partial charge in [0.2, 0.25) is 0 Å². The summed E-state index contributed by atoms with van der Waals surface area (Å²) in [5.74, 6) is 2.97. The largest absolute Gasteiger partial charge is 0.330 e. The highest BCUT2D eigenvalue weighted by Crippen LogP contribution is 2.25. The van der Waals surface area contributed by atoms with Gasteiger partial charge in [-0.25, -0.2) is 0 Å². The average molecular weight is 157 g/mol. The van der Waals surface area contributed by atoms with E-state index in [2.05, 4.69) is 34.6 Å². The molecule has 11 heavy (non-hydrogen) atoms. The molecule has 1 heteroatoms. The van der Waals surface area contributed by atoms with Gasteiger partial charge in [-0.15, -0.1) is 0 Å². The van der Waals surface area contributed by atoms with Crippen LogP contribution in [0.25, 0.3) is 0 Å². The van der Waals surface area contributed by atoms with Gasteiger partial charge in [0, 0.05) is 0 Å². The zero-order chi connectivity index (χ0) is 9.02. The molecule has 0 bridgehead atoms. The minimum absolute atomic E-state index is 0.660. The van der Waals surface area contributed by atoms with Crippen LogP contribution >= 0.6 is 0 Å². The Kier molecular flexibility index (Phi) is 4.74. The van der Waals surface area contributed by atoms with Gasteiger partial charge in [-0.3, -0.25) is 0 Å². The van der Waals surface area contributed by atoms with Crippen molar-refractivity contribution in [1.82, 2.24) is 0 Å². The average Bonchev–Trinajstić information content (AvgIpc) is 2.00. The van der Waals surface area contributed by atoms with E-state index in [-0.39, 0.29) is 0 Å². The lowest BCUT2D eigenvalue weighted by Crippen LogP contribution is -2.26. The summed E-state index contributed by atoms with van der Waals surface area (Å²) in [6.07, 6.45) is 0. The Morgan fingerprint density at radius 2 is 1.36 bits per heavy atom. The second kappa shape index (κ2) is 4.76. The summed E-state index contributed by atoms with van der Waals surface area (Å²) in [4.78, 5) is 0. The Morgan fingerprint density at radius 3 is 1.64 bits per heavy atom. The second-order valence-electron chi connectivity index (χ2n) is 4.18. The maximum Gasteiger partial charge on any atom is -0.00489 e. The Labute approximate surface area is 71.4 Å². The third kappa shape index (κ3) is 3.24. The monoisotopic (exact) mass is 157 g/mol. The van der Waals surface area contributed by atoms with Gasteiger partial charge in [0.05, 0.1) is 0 Å². The lowest BCUT2D eigenvalue weighted by molar-refractivity contribution is 0.227. The van der Waals surface area contributed by atoms with Crippen molar-refractivity contribution in [2.75, 3.05) is 6.54 Å². The van der Waals surface area contributed by atoms with Gasteiger partial charge in [0.15, 0.2) is 0 Å². The van der Waals surface area contributed by atoms with E-state index in [1.54, 1.807) is 0 Å². The van der Waals surface area contributed by atoms with Crippen molar-refractivity contribution in [3.8, 4) is 0 Å². The highest BCUT2D eigenvalue weighted by atomic mass is 14.5. The van der Waals surface area contributed by atoms with Gasteiger partial charge < -0.3 is 5.73 Å². The summed E-state index contributed by atoms with van der Waals surface area (Å²) in [6, 6.07) is 0. The zero-order valence-electron chi connectivity index (χ0n) is 8.59. The molecule has 1 nitrogen and oxygen atoms in total. The number of nitrogens with two attached hydrogens (primary N) is 1. The van der Waals surface area contributed by atoms with E-state index in [1.165, 1.54) is 0 Å². The van der Waals surface area contributed by atoms with Crippen LogP contribution in [0.4, 0.5) is 0 Å². The Morgan fingerprint density at radius 1 is 0.909 bits per heavy atom. The van der Waals surface area contributed by atoms with Crippen molar-refractivity contribution in [2.24, 2.45) is 29.4 Å². The van der Waals surface area contributed by atoms with Crippen molar-refractivity contribution < 1.29 is 0 Å². The van der Waals surface area contributed by atoms with E-state index in [4.69, 9.17) is 5.73 Å². The van der Waals surface area contributed by atoms with Crippen molar-refractivity contribution in [2.45, 2.75) is 34.6 Å². The molecule has 2 N–H and O–H groups in total. The third-order valence-corrected chi connectivity index (χ3v) is 3.15. The molecule has 0 saturated carbocycles. The molecule has 3 atom stereocenters. The molecular weight excluding hydrogens is 134 g/mol. The molecule has 0 aliphatic carbocycles. The summed E-state index contributed by atoms with van der Waals surface area (Å²) in [5.41, 5.74) is 5.61. The van der Waals surface area contributed by atoms with Crippen LogP contribution in [0.3, 0.4) is 0 Å². The molecule has 0 saturated heterocycles. The molecule has 0 fully saturated rings. The van der Waals surface area contributed by atoms with E-state index in [0.29, 0.717) is 5.92 Å². The van der Waals surface area contributed by atoms with Gasteiger partial charge in [0.25, 0.3) is 0 Å². The molecule has 0 aliphatic heterocycles. The third-order valence-electron chi connectivity index (χ3n) is 3.15. The van der Waals surface area contributed by atoms with Crippen LogP contribution in [-0.4, -0.2) is 6.54 Å². The second-order valence-corrected chi connectivity index (χ2v) is 4.18. The lowest BCUT2D eigenvalue weighted by atomic mass is 9.79. The molecule has 0 amide bonds. The normalized spacial score (nSPS) is 19.9. The molecule has 0 spiro atoms. The van der Waals surface area contributed by atoms with E-state index in [1.807, 2.05) is 0 Å². The maximum absolute atomic E-state index is 5.61. The van der Waals surface area contributed by atoms with Gasteiger partial charge in [0.1, 0.15) is 0 Å². The van der Waals surface area contributed by atoms with Crippen molar-refractivity contribution in [3.63, 3.8) is 0 Å². The Bertz CT molecular complexity index is 99.0. The highest BCUT2D eigenvalue weighted by molar-refractivity contribution is 4.70. The van der Waals surface area contributed by atoms with E-state index in [0.717, 1.165) is 24.3 Å². The molecule has 0 radical (unpaired) electrons. The minimum Gasteiger partial charge on any atom is -0.330 e. The number of hydrogen-bond donors (Lipinski definition) is 1. The summed E-state index contributed by atoms with van der Waals surface area (Å²) >= 11 is 0. The maximum atomic E-state index is 5.61. The SMILES string of the molecule is CC(C)C(C)C(C)C(C)CN. The van der Waals surface area contributed by atoms with Crippen LogP contribution in [0.15, 0.2) is 0 Å². The van der Waals surface area contributed by atoms with Gasteiger partial charge >= 0.3 is 0 Å². The zero-order valence-corrected chi connectivity index (χ0v) is 8.59. The van der Waals surface area contributed by atoms with E-state index >= 15 is 0 Å². The first kappa shape index (κ1) is 11.0. The standard InChI is InChI=1S/C10H23N/c1-7(2)9(4)10(5)8(3)6-11/h7-10H,6,11H2,1-5H3. The van der Waals surface area contributed by atoms with Crippen LogP contribution in [0.5, 0.6) is 0 Å². The number of hydrogen-bond acceptors (Lipinski definition) is 1. The highest BCUT2D eigenvalue weighted by Gasteiger charge is 2.19. The molecule has 0 aromatic rings. The molecule has 3 unspecified atom stereocenters. The van der Waals surface area contributed by atoms with Crippen LogP contribution in [0, 0.1) is 23.7 Å². The quantitative estimate of drug-likeness (QED) is 0.666. The van der Waals surface area contributed by atoms with E-state index < -0.39 is 0 Å². The predicted molar refractivity (Wildman–Crippen MR) is 51.4 cm³/mol. The fraction of sp³-hybridized carbons (Fsp3) is 1.00. The fourth-order valence-corrected chi connectivity index (χ4v) is 1.34. The molecule has 68 valence electrons. The van der Waals surface area contributed by atoms with Gasteiger partial charge in [-0.05, 0) is 30.2 Å². The summed E-state index contributed by atoms with van der Waals surface area (Å²) < 4.78 is 0.